The molecule has 0 amide bonds. The third-order valence-electron chi connectivity index (χ3n) is 3.08. The Hall–Kier alpha value is -2.50. The van der Waals surface area contributed by atoms with E-state index in [0.29, 0.717) is 12.0 Å². The van der Waals surface area contributed by atoms with E-state index in [1.807, 2.05) is 6.92 Å². The minimum absolute atomic E-state index is 0.278. The van der Waals surface area contributed by atoms with Crippen LogP contribution in [0.4, 0.5) is 17.6 Å². The number of nitrogens with zero attached hydrogens (tertiary/aromatic N) is 2. The molecule has 0 spiro atoms. The van der Waals surface area contributed by atoms with Crippen LogP contribution < -0.4 is 0 Å². The van der Waals surface area contributed by atoms with Gasteiger partial charge in [0.15, 0.2) is 11.6 Å². The highest BCUT2D eigenvalue weighted by Crippen LogP contribution is 2.15. The van der Waals surface area contributed by atoms with E-state index >= 15 is 0 Å². The van der Waals surface area contributed by atoms with Crippen molar-refractivity contribution in [3.05, 3.63) is 70.3 Å². The van der Waals surface area contributed by atoms with Crippen LogP contribution in [-0.2, 0) is 6.42 Å². The molecule has 0 aliphatic rings. The topological polar surface area (TPSA) is 24.7 Å². The molecule has 0 radical (unpaired) electrons. The Balaban J connectivity index is 2.13. The van der Waals surface area contributed by atoms with Gasteiger partial charge in [-0.1, -0.05) is 19.4 Å². The molecule has 0 atom stereocenters. The second-order valence-corrected chi connectivity index (χ2v) is 4.89. The molecule has 0 heterocycles. The molecule has 0 aliphatic carbocycles. The van der Waals surface area contributed by atoms with Crippen molar-refractivity contribution in [3.63, 3.8) is 0 Å². The van der Waals surface area contributed by atoms with Gasteiger partial charge in [0.05, 0.1) is 18.0 Å². The van der Waals surface area contributed by atoms with E-state index in [1.165, 1.54) is 18.2 Å². The maximum Gasteiger partial charge on any atom is 0.159 e. The van der Waals surface area contributed by atoms with Crippen LogP contribution in [0, 0.1) is 23.3 Å². The predicted molar refractivity (Wildman–Crippen MR) is 81.9 cm³/mol. The summed E-state index contributed by atoms with van der Waals surface area (Å²) in [7, 11) is 0. The van der Waals surface area contributed by atoms with Crippen LogP contribution in [0.3, 0.4) is 0 Å². The lowest BCUT2D eigenvalue weighted by Gasteiger charge is -2.03. The van der Waals surface area contributed by atoms with Gasteiger partial charge in [0.2, 0.25) is 0 Å². The Bertz CT molecular complexity index is 731. The average molecular weight is 322 g/mol. The zero-order valence-electron chi connectivity index (χ0n) is 12.4. The summed E-state index contributed by atoms with van der Waals surface area (Å²) in [6, 6.07) is 5.71. The molecule has 6 heteroatoms. The SMILES string of the molecule is CCCc1cc(F)c(C=NN=Cc2ccc(F)c(F)c2)c(F)c1. The number of benzene rings is 2. The van der Waals surface area contributed by atoms with Crippen molar-refractivity contribution in [3.8, 4) is 0 Å². The van der Waals surface area contributed by atoms with Crippen LogP contribution in [0.1, 0.15) is 30.0 Å². The van der Waals surface area contributed by atoms with Gasteiger partial charge in [0, 0.05) is 0 Å². The number of rotatable bonds is 5. The molecule has 0 fully saturated rings. The summed E-state index contributed by atoms with van der Waals surface area (Å²) in [5.74, 6) is -3.43. The van der Waals surface area contributed by atoms with Crippen molar-refractivity contribution in [2.75, 3.05) is 0 Å². The van der Waals surface area contributed by atoms with Gasteiger partial charge in [0.1, 0.15) is 11.6 Å². The molecule has 2 aromatic carbocycles. The first-order valence-electron chi connectivity index (χ1n) is 7.00. The maximum atomic E-state index is 13.8. The van der Waals surface area contributed by atoms with Gasteiger partial charge in [-0.05, 0) is 41.8 Å². The van der Waals surface area contributed by atoms with E-state index in [4.69, 9.17) is 0 Å². The second kappa shape index (κ2) is 7.67. The number of hydrogen-bond donors (Lipinski definition) is 0. The number of hydrogen-bond acceptors (Lipinski definition) is 2. The predicted octanol–water partition coefficient (Wildman–Crippen LogP) is 4.65. The van der Waals surface area contributed by atoms with Crippen LogP contribution in [-0.4, -0.2) is 12.4 Å². The third kappa shape index (κ3) is 4.48. The maximum absolute atomic E-state index is 13.8. The second-order valence-electron chi connectivity index (χ2n) is 4.89. The lowest BCUT2D eigenvalue weighted by molar-refractivity contribution is 0.508. The van der Waals surface area contributed by atoms with E-state index in [2.05, 4.69) is 10.2 Å². The summed E-state index contributed by atoms with van der Waals surface area (Å²) < 4.78 is 53.4. The van der Waals surface area contributed by atoms with E-state index in [1.54, 1.807) is 0 Å². The minimum atomic E-state index is -1.01. The van der Waals surface area contributed by atoms with E-state index in [0.717, 1.165) is 31.0 Å². The third-order valence-corrected chi connectivity index (χ3v) is 3.08. The fourth-order valence-electron chi connectivity index (χ4n) is 1.98. The molecule has 0 aromatic heterocycles. The molecule has 0 aliphatic heterocycles. The van der Waals surface area contributed by atoms with Crippen LogP contribution >= 0.6 is 0 Å². The van der Waals surface area contributed by atoms with Gasteiger partial charge in [-0.15, -0.1) is 0 Å². The summed E-state index contributed by atoms with van der Waals surface area (Å²) in [5.41, 5.74) is 0.553. The standard InChI is InChI=1S/C17H14F4N2/c1-2-3-11-6-15(19)13(16(20)7-11)10-23-22-9-12-4-5-14(18)17(21)8-12/h4-10H,2-3H2,1H3. The molecule has 0 bridgehead atoms. The zero-order chi connectivity index (χ0) is 16.8. The van der Waals surface area contributed by atoms with Gasteiger partial charge in [-0.25, -0.2) is 17.6 Å². The zero-order valence-corrected chi connectivity index (χ0v) is 12.4. The Labute approximate surface area is 131 Å². The van der Waals surface area contributed by atoms with Crippen molar-refractivity contribution >= 4 is 12.4 Å². The van der Waals surface area contributed by atoms with Gasteiger partial charge >= 0.3 is 0 Å². The van der Waals surface area contributed by atoms with E-state index < -0.39 is 23.3 Å². The molecule has 0 unspecified atom stereocenters. The first-order valence-corrected chi connectivity index (χ1v) is 7.00. The molecule has 0 N–H and O–H groups in total. The largest absolute Gasteiger partial charge is 0.206 e. The molecule has 0 saturated carbocycles. The van der Waals surface area contributed by atoms with Crippen molar-refractivity contribution < 1.29 is 17.6 Å². The summed E-state index contributed by atoms with van der Waals surface area (Å²) >= 11 is 0. The smallest absolute Gasteiger partial charge is 0.159 e. The number of aryl methyl sites for hydroxylation is 1. The highest BCUT2D eigenvalue weighted by molar-refractivity contribution is 5.83. The molecule has 0 saturated heterocycles. The fraction of sp³-hybridized carbons (Fsp3) is 0.176. The van der Waals surface area contributed by atoms with E-state index in [9.17, 15) is 17.6 Å². The lowest BCUT2D eigenvalue weighted by Crippen LogP contribution is -1.97. The van der Waals surface area contributed by atoms with Crippen LogP contribution in [0.2, 0.25) is 0 Å². The van der Waals surface area contributed by atoms with Crippen molar-refractivity contribution in [2.45, 2.75) is 19.8 Å². The lowest BCUT2D eigenvalue weighted by atomic mass is 10.1. The molecule has 120 valence electrons. The Kier molecular flexibility index (Phi) is 5.62. The van der Waals surface area contributed by atoms with Crippen molar-refractivity contribution in [1.82, 2.24) is 0 Å². The van der Waals surface area contributed by atoms with Crippen LogP contribution in [0.15, 0.2) is 40.5 Å². The molecule has 23 heavy (non-hydrogen) atoms. The minimum Gasteiger partial charge on any atom is -0.206 e. The summed E-state index contributed by atoms with van der Waals surface area (Å²) in [5, 5.41) is 7.11. The van der Waals surface area contributed by atoms with Crippen molar-refractivity contribution in [1.29, 1.82) is 0 Å². The normalized spacial score (nSPS) is 11.7. The molecule has 2 rings (SSSR count). The van der Waals surface area contributed by atoms with Crippen LogP contribution in [0.25, 0.3) is 0 Å². The highest BCUT2D eigenvalue weighted by Gasteiger charge is 2.09. The first kappa shape index (κ1) is 16.9. The summed E-state index contributed by atoms with van der Waals surface area (Å²) in [4.78, 5) is 0. The van der Waals surface area contributed by atoms with Gasteiger partial charge in [0.25, 0.3) is 0 Å². The Morgan fingerprint density at radius 3 is 2.09 bits per heavy atom. The van der Waals surface area contributed by atoms with Crippen LogP contribution in [0.5, 0.6) is 0 Å². The monoisotopic (exact) mass is 322 g/mol. The van der Waals surface area contributed by atoms with Gasteiger partial charge in [-0.2, -0.15) is 10.2 Å². The fourth-order valence-corrected chi connectivity index (χ4v) is 1.98. The van der Waals surface area contributed by atoms with Gasteiger partial charge in [-0.3, -0.25) is 0 Å². The Morgan fingerprint density at radius 1 is 0.826 bits per heavy atom. The van der Waals surface area contributed by atoms with Crippen molar-refractivity contribution in [2.24, 2.45) is 10.2 Å². The quantitative estimate of drug-likeness (QED) is 0.435. The number of halogens is 4. The molecular weight excluding hydrogens is 308 g/mol. The summed E-state index contributed by atoms with van der Waals surface area (Å²) in [6.45, 7) is 1.91. The Morgan fingerprint density at radius 2 is 1.48 bits per heavy atom. The molecule has 2 aromatic rings. The van der Waals surface area contributed by atoms with Gasteiger partial charge < -0.3 is 0 Å². The molecule has 2 nitrogen and oxygen atoms in total. The van der Waals surface area contributed by atoms with E-state index in [-0.39, 0.29) is 11.1 Å². The summed E-state index contributed by atoms with van der Waals surface area (Å²) in [6.07, 6.45) is 3.46. The first-order chi connectivity index (χ1) is 11.0. The molecular formula is C17H14F4N2. The highest BCUT2D eigenvalue weighted by atomic mass is 19.2. The average Bonchev–Trinajstić information content (AvgIpc) is 2.49.